The van der Waals surface area contributed by atoms with E-state index in [1.807, 2.05) is 0 Å². The van der Waals surface area contributed by atoms with E-state index in [9.17, 15) is 45.0 Å². The minimum atomic E-state index is -1.57. The Morgan fingerprint density at radius 3 is 2.15 bits per heavy atom. The Labute approximate surface area is 220 Å². The molecule has 4 rings (SSSR count). The number of carboxylic acids is 2. The molecule has 6 N–H and O–H groups in total. The van der Waals surface area contributed by atoms with E-state index in [0.717, 1.165) is 18.2 Å². The number of aromatic hydroxyl groups is 4. The Kier molecular flexibility index (Phi) is 7.47. The second-order valence-corrected chi connectivity index (χ2v) is 8.49. The van der Waals surface area contributed by atoms with Crippen LogP contribution in [0.15, 0.2) is 60.7 Å². The minimum absolute atomic E-state index is 0.115. The molecule has 0 unspecified atom stereocenters. The van der Waals surface area contributed by atoms with Gasteiger partial charge in [-0.1, -0.05) is 18.2 Å². The molecule has 0 aliphatic carbocycles. The van der Waals surface area contributed by atoms with E-state index in [4.69, 9.17) is 14.2 Å². The van der Waals surface area contributed by atoms with Gasteiger partial charge in [-0.15, -0.1) is 0 Å². The van der Waals surface area contributed by atoms with Gasteiger partial charge in [0.05, 0.1) is 0 Å². The van der Waals surface area contributed by atoms with E-state index in [1.165, 1.54) is 48.5 Å². The van der Waals surface area contributed by atoms with Crippen LogP contribution < -0.4 is 9.47 Å². The number of hydrogen-bond donors (Lipinski definition) is 6. The first kappa shape index (κ1) is 26.7. The van der Waals surface area contributed by atoms with Gasteiger partial charge in [-0.25, -0.2) is 14.4 Å². The molecule has 202 valence electrons. The van der Waals surface area contributed by atoms with Crippen molar-refractivity contribution in [2.24, 2.45) is 0 Å². The first-order chi connectivity index (χ1) is 18.5. The fourth-order valence-corrected chi connectivity index (χ4v) is 3.79. The van der Waals surface area contributed by atoms with E-state index in [0.29, 0.717) is 11.1 Å². The molecule has 0 saturated heterocycles. The smallest absolute Gasteiger partial charge is 0.349 e. The van der Waals surface area contributed by atoms with E-state index in [2.05, 4.69) is 0 Å². The topological polar surface area (TPSA) is 200 Å². The van der Waals surface area contributed by atoms with Crippen molar-refractivity contribution in [1.29, 1.82) is 0 Å². The number of carbonyl (C=O) groups is 3. The van der Waals surface area contributed by atoms with Crippen molar-refractivity contribution >= 4 is 24.0 Å². The Morgan fingerprint density at radius 1 is 0.821 bits per heavy atom. The number of fused-ring (bicyclic) bond motifs is 1. The molecule has 1 heterocycles. The Bertz CT molecular complexity index is 1460. The molecular formula is C27H22O12. The zero-order valence-electron chi connectivity index (χ0n) is 19.9. The van der Waals surface area contributed by atoms with Crippen molar-refractivity contribution in [3.63, 3.8) is 0 Å². The molecule has 12 nitrogen and oxygen atoms in total. The average molecular weight is 538 g/mol. The van der Waals surface area contributed by atoms with Crippen LogP contribution in [0.2, 0.25) is 0 Å². The normalized spacial score (nSPS) is 16.9. The van der Waals surface area contributed by atoms with Crippen LogP contribution in [0.25, 0.3) is 6.08 Å². The van der Waals surface area contributed by atoms with Gasteiger partial charge in [0.25, 0.3) is 0 Å². The van der Waals surface area contributed by atoms with Gasteiger partial charge in [-0.2, -0.15) is 0 Å². The lowest BCUT2D eigenvalue weighted by atomic mass is 10.0. The van der Waals surface area contributed by atoms with Gasteiger partial charge in [0.1, 0.15) is 0 Å². The van der Waals surface area contributed by atoms with Crippen molar-refractivity contribution in [2.75, 3.05) is 0 Å². The molecule has 1 aliphatic rings. The standard InChI is InChI=1S/C27H22O12/c28-16-5-1-14(9-18(16)30)11-22(26(33)34)37-23(32)8-3-13-2-7-20-21(10-13)39-24(25(38-20)27(35)36)15-4-6-17(29)19(31)12-15/h1-10,12,22,24-25,28-31H,11H2,(H,33,34)(H,35,36)/b8-3+/t22-,24+,25+/m0/s1. The maximum absolute atomic E-state index is 12.3. The van der Waals surface area contributed by atoms with Gasteiger partial charge in [0.2, 0.25) is 12.2 Å². The van der Waals surface area contributed by atoms with Crippen molar-refractivity contribution in [3.8, 4) is 34.5 Å². The lowest BCUT2D eigenvalue weighted by molar-refractivity contribution is -0.160. The number of esters is 1. The van der Waals surface area contributed by atoms with Crippen molar-refractivity contribution in [3.05, 3.63) is 77.4 Å². The zero-order valence-corrected chi connectivity index (χ0v) is 19.9. The van der Waals surface area contributed by atoms with Crippen molar-refractivity contribution in [2.45, 2.75) is 24.7 Å². The number of carboxylic acid groups (broad SMARTS) is 2. The van der Waals surface area contributed by atoms with E-state index < -0.39 is 53.5 Å². The Hall–Kier alpha value is -5.39. The molecule has 1 aliphatic heterocycles. The molecule has 0 bridgehead atoms. The highest BCUT2D eigenvalue weighted by molar-refractivity contribution is 5.89. The summed E-state index contributed by atoms with van der Waals surface area (Å²) in [5, 5.41) is 57.4. The lowest BCUT2D eigenvalue weighted by Crippen LogP contribution is -2.39. The highest BCUT2D eigenvalue weighted by Crippen LogP contribution is 2.41. The van der Waals surface area contributed by atoms with Gasteiger partial charge in [0.15, 0.2) is 40.6 Å². The Morgan fingerprint density at radius 2 is 1.51 bits per heavy atom. The highest BCUT2D eigenvalue weighted by atomic mass is 16.6. The minimum Gasteiger partial charge on any atom is -0.504 e. The number of carbonyl (C=O) groups excluding carboxylic acids is 1. The van der Waals surface area contributed by atoms with E-state index in [-0.39, 0.29) is 29.2 Å². The number of aliphatic carboxylic acids is 2. The summed E-state index contributed by atoms with van der Waals surface area (Å²) in [4.78, 5) is 35.7. The Balaban J connectivity index is 1.49. The molecule has 0 radical (unpaired) electrons. The van der Waals surface area contributed by atoms with Gasteiger partial charge < -0.3 is 44.8 Å². The average Bonchev–Trinajstić information content (AvgIpc) is 2.89. The number of rotatable bonds is 8. The molecular weight excluding hydrogens is 516 g/mol. The summed E-state index contributed by atoms with van der Waals surface area (Å²) in [6.07, 6.45) is -2.15. The molecule has 0 fully saturated rings. The summed E-state index contributed by atoms with van der Waals surface area (Å²) in [7, 11) is 0. The molecule has 0 amide bonds. The molecule has 0 saturated carbocycles. The zero-order chi connectivity index (χ0) is 28.3. The summed E-state index contributed by atoms with van der Waals surface area (Å²) in [6, 6.07) is 11.8. The van der Waals surface area contributed by atoms with Gasteiger partial charge in [-0.3, -0.25) is 0 Å². The third kappa shape index (κ3) is 6.13. The summed E-state index contributed by atoms with van der Waals surface area (Å²) in [6.45, 7) is 0. The second-order valence-electron chi connectivity index (χ2n) is 8.49. The van der Waals surface area contributed by atoms with Crippen molar-refractivity contribution < 1.29 is 59.2 Å². The van der Waals surface area contributed by atoms with Crippen molar-refractivity contribution in [1.82, 2.24) is 0 Å². The number of hydrogen-bond acceptors (Lipinski definition) is 10. The molecule has 0 aromatic heterocycles. The third-order valence-corrected chi connectivity index (χ3v) is 5.73. The summed E-state index contributed by atoms with van der Waals surface area (Å²) < 4.78 is 16.5. The number of benzene rings is 3. The third-order valence-electron chi connectivity index (χ3n) is 5.73. The maximum Gasteiger partial charge on any atom is 0.349 e. The second kappa shape index (κ2) is 10.9. The van der Waals surface area contributed by atoms with Crippen LogP contribution in [0.5, 0.6) is 34.5 Å². The molecule has 0 spiro atoms. The SMILES string of the molecule is O=C(/C=C/c1ccc2c(c1)O[C@H](c1ccc(O)c(O)c1)[C@H](C(=O)O)O2)O[C@@H](Cc1ccc(O)c(O)c1)C(=O)O. The van der Waals surface area contributed by atoms with E-state index >= 15 is 0 Å². The number of phenols is 4. The van der Waals surface area contributed by atoms with Gasteiger partial charge >= 0.3 is 17.9 Å². The predicted octanol–water partition coefficient (Wildman–Crippen LogP) is 2.73. The largest absolute Gasteiger partial charge is 0.504 e. The first-order valence-corrected chi connectivity index (χ1v) is 11.4. The fraction of sp³-hybridized carbons (Fsp3) is 0.148. The van der Waals surface area contributed by atoms with E-state index in [1.54, 1.807) is 0 Å². The molecule has 12 heteroatoms. The number of ether oxygens (including phenoxy) is 3. The molecule has 3 aromatic rings. The van der Waals surface area contributed by atoms with Gasteiger partial charge in [0, 0.05) is 18.1 Å². The summed E-state index contributed by atoms with van der Waals surface area (Å²) in [5.74, 6) is -5.14. The van der Waals surface area contributed by atoms with Crippen LogP contribution in [-0.2, 0) is 25.5 Å². The lowest BCUT2D eigenvalue weighted by Gasteiger charge is -2.32. The molecule has 39 heavy (non-hydrogen) atoms. The summed E-state index contributed by atoms with van der Waals surface area (Å²) in [5.41, 5.74) is 0.956. The quantitative estimate of drug-likeness (QED) is 0.139. The number of phenolic OH excluding ortho intramolecular Hbond substituents is 4. The van der Waals surface area contributed by atoms with Crippen LogP contribution in [-0.4, -0.2) is 60.8 Å². The molecule has 3 atom stereocenters. The maximum atomic E-state index is 12.3. The predicted molar refractivity (Wildman–Crippen MR) is 132 cm³/mol. The first-order valence-electron chi connectivity index (χ1n) is 11.4. The summed E-state index contributed by atoms with van der Waals surface area (Å²) >= 11 is 0. The van der Waals surface area contributed by atoms with Gasteiger partial charge in [-0.05, 0) is 53.6 Å². The van der Waals surface area contributed by atoms with Crippen LogP contribution in [0.3, 0.4) is 0 Å². The van der Waals surface area contributed by atoms with Crippen LogP contribution in [0.4, 0.5) is 0 Å². The van der Waals surface area contributed by atoms with Crippen LogP contribution in [0, 0.1) is 0 Å². The fourth-order valence-electron chi connectivity index (χ4n) is 3.79. The monoisotopic (exact) mass is 538 g/mol. The highest BCUT2D eigenvalue weighted by Gasteiger charge is 2.38. The molecule has 3 aromatic carbocycles. The van der Waals surface area contributed by atoms with Crippen LogP contribution >= 0.6 is 0 Å². The van der Waals surface area contributed by atoms with Crippen LogP contribution in [0.1, 0.15) is 22.8 Å².